The number of aryl methyl sites for hydroxylation is 1. The second kappa shape index (κ2) is 5.12. The number of likely N-dealkylation sites (N-methyl/N-ethyl adjacent to an activating group) is 1. The minimum Gasteiger partial charge on any atom is -0.375 e. The largest absolute Gasteiger partial charge is 0.375 e. The minimum absolute atomic E-state index is 0.189. The Bertz CT molecular complexity index is 520. The van der Waals surface area contributed by atoms with Gasteiger partial charge in [0.15, 0.2) is 9.34 Å². The summed E-state index contributed by atoms with van der Waals surface area (Å²) in [7, 11) is 0.276. The number of anilines is 1. The molecule has 0 aliphatic rings. The quantitative estimate of drug-likeness (QED) is 0.832. The van der Waals surface area contributed by atoms with Gasteiger partial charge in [0, 0.05) is 12.1 Å². The van der Waals surface area contributed by atoms with Gasteiger partial charge in [-0.2, -0.15) is 0 Å². The zero-order chi connectivity index (χ0) is 14.1. The number of nitrogens with one attached hydrogen (secondary N) is 1. The van der Waals surface area contributed by atoms with Crippen molar-refractivity contribution in [1.82, 2.24) is 14.6 Å². The van der Waals surface area contributed by atoms with E-state index in [1.54, 1.807) is 6.92 Å². The van der Waals surface area contributed by atoms with Crippen LogP contribution in [0.4, 0.5) is 5.13 Å². The van der Waals surface area contributed by atoms with Gasteiger partial charge in [-0.3, -0.25) is 0 Å². The van der Waals surface area contributed by atoms with Crippen LogP contribution in [0.25, 0.3) is 0 Å². The van der Waals surface area contributed by atoms with Gasteiger partial charge in [0.2, 0.25) is 0 Å². The van der Waals surface area contributed by atoms with E-state index >= 15 is 0 Å². The van der Waals surface area contributed by atoms with Gasteiger partial charge in [0.25, 0.3) is 10.0 Å². The third kappa shape index (κ3) is 3.41. The average molecular weight is 292 g/mol. The highest BCUT2D eigenvalue weighted by Gasteiger charge is 2.26. The molecule has 1 heterocycles. The first-order valence-corrected chi connectivity index (χ1v) is 7.76. The SMILES string of the molecule is Cc1nc(N)sc1S(=O)(=O)NCC(C)(C)N(C)C. The number of nitrogens with zero attached hydrogens (tertiary/aromatic N) is 2. The molecule has 0 atom stereocenters. The van der Waals surface area contributed by atoms with Crippen LogP contribution in [0.5, 0.6) is 0 Å². The van der Waals surface area contributed by atoms with Crippen molar-refractivity contribution < 1.29 is 8.42 Å². The van der Waals surface area contributed by atoms with E-state index in [4.69, 9.17) is 5.73 Å². The number of hydrogen-bond acceptors (Lipinski definition) is 6. The van der Waals surface area contributed by atoms with Crippen molar-refractivity contribution >= 4 is 26.5 Å². The van der Waals surface area contributed by atoms with Crippen molar-refractivity contribution in [2.45, 2.75) is 30.5 Å². The fourth-order valence-electron chi connectivity index (χ4n) is 1.15. The van der Waals surface area contributed by atoms with Crippen LogP contribution in [-0.2, 0) is 10.0 Å². The molecule has 0 spiro atoms. The van der Waals surface area contributed by atoms with Crippen LogP contribution in [0, 0.1) is 6.92 Å². The number of aromatic nitrogens is 1. The number of nitrogens with two attached hydrogens (primary N) is 1. The Labute approximate surface area is 112 Å². The molecular weight excluding hydrogens is 272 g/mol. The molecule has 6 nitrogen and oxygen atoms in total. The van der Waals surface area contributed by atoms with E-state index in [9.17, 15) is 8.42 Å². The fraction of sp³-hybridized carbons (Fsp3) is 0.700. The summed E-state index contributed by atoms with van der Waals surface area (Å²) >= 11 is 0.983. The van der Waals surface area contributed by atoms with Crippen LogP contribution in [-0.4, -0.2) is 44.5 Å². The zero-order valence-electron chi connectivity index (χ0n) is 11.3. The topological polar surface area (TPSA) is 88.3 Å². The van der Waals surface area contributed by atoms with Gasteiger partial charge in [-0.05, 0) is 34.9 Å². The summed E-state index contributed by atoms with van der Waals surface area (Å²) in [5.74, 6) is 0. The molecule has 0 aliphatic heterocycles. The second-order valence-corrected chi connectivity index (χ2v) is 7.95. The predicted molar refractivity (Wildman–Crippen MR) is 74.2 cm³/mol. The van der Waals surface area contributed by atoms with Gasteiger partial charge in [0.1, 0.15) is 0 Å². The first-order chi connectivity index (χ1) is 8.06. The first-order valence-electron chi connectivity index (χ1n) is 5.46. The number of rotatable bonds is 5. The van der Waals surface area contributed by atoms with E-state index < -0.39 is 10.0 Å². The highest BCUT2D eigenvalue weighted by atomic mass is 32.2. The molecule has 1 aromatic heterocycles. The Hall–Kier alpha value is -0.700. The third-order valence-electron chi connectivity index (χ3n) is 2.92. The molecule has 0 saturated heterocycles. The summed E-state index contributed by atoms with van der Waals surface area (Å²) in [6, 6.07) is 0. The maximum absolute atomic E-state index is 12.1. The average Bonchev–Trinajstić information content (AvgIpc) is 2.56. The van der Waals surface area contributed by atoms with E-state index in [1.807, 2.05) is 32.8 Å². The fourth-order valence-corrected chi connectivity index (χ4v) is 3.69. The molecule has 0 saturated carbocycles. The first kappa shape index (κ1) is 15.4. The highest BCUT2D eigenvalue weighted by molar-refractivity contribution is 7.91. The van der Waals surface area contributed by atoms with Gasteiger partial charge in [-0.15, -0.1) is 0 Å². The van der Waals surface area contributed by atoms with Gasteiger partial charge < -0.3 is 10.6 Å². The molecule has 0 radical (unpaired) electrons. The van der Waals surface area contributed by atoms with Crippen molar-refractivity contribution in [2.75, 3.05) is 26.4 Å². The second-order valence-electron chi connectivity index (χ2n) is 4.96. The lowest BCUT2D eigenvalue weighted by molar-refractivity contribution is 0.199. The van der Waals surface area contributed by atoms with Crippen LogP contribution in [0.1, 0.15) is 19.5 Å². The van der Waals surface area contributed by atoms with Gasteiger partial charge in [-0.25, -0.2) is 18.1 Å². The Morgan fingerprint density at radius 1 is 1.44 bits per heavy atom. The Balaban J connectivity index is 2.88. The van der Waals surface area contributed by atoms with Crippen LogP contribution in [0.2, 0.25) is 0 Å². The maximum Gasteiger partial charge on any atom is 0.252 e. The number of hydrogen-bond donors (Lipinski definition) is 2. The van der Waals surface area contributed by atoms with Gasteiger partial charge in [-0.1, -0.05) is 11.3 Å². The van der Waals surface area contributed by atoms with E-state index in [0.29, 0.717) is 12.2 Å². The van der Waals surface area contributed by atoms with Crippen molar-refractivity contribution in [3.05, 3.63) is 5.69 Å². The van der Waals surface area contributed by atoms with Crippen LogP contribution in [0.3, 0.4) is 0 Å². The lowest BCUT2D eigenvalue weighted by Gasteiger charge is -2.32. The summed E-state index contributed by atoms with van der Waals surface area (Å²) in [6.07, 6.45) is 0. The molecular formula is C10H20N4O2S2. The summed E-state index contributed by atoms with van der Waals surface area (Å²) in [5, 5.41) is 0.264. The van der Waals surface area contributed by atoms with Gasteiger partial charge in [0.05, 0.1) is 5.69 Å². The molecule has 104 valence electrons. The maximum atomic E-state index is 12.1. The predicted octanol–water partition coefficient (Wildman–Crippen LogP) is 0.652. The summed E-state index contributed by atoms with van der Waals surface area (Å²) in [4.78, 5) is 5.89. The lowest BCUT2D eigenvalue weighted by Crippen LogP contribution is -2.48. The molecule has 18 heavy (non-hydrogen) atoms. The van der Waals surface area contributed by atoms with Crippen molar-refractivity contribution in [1.29, 1.82) is 0 Å². The van der Waals surface area contributed by atoms with Crippen molar-refractivity contribution in [3.8, 4) is 0 Å². The number of sulfonamides is 1. The third-order valence-corrected chi connectivity index (χ3v) is 5.92. The molecule has 0 bridgehead atoms. The summed E-state index contributed by atoms with van der Waals surface area (Å²) in [5.41, 5.74) is 5.68. The van der Waals surface area contributed by atoms with E-state index in [0.717, 1.165) is 11.3 Å². The van der Waals surface area contributed by atoms with E-state index in [2.05, 4.69) is 9.71 Å². The molecule has 0 unspecified atom stereocenters. The molecule has 0 aromatic carbocycles. The summed E-state index contributed by atoms with van der Waals surface area (Å²) in [6.45, 7) is 5.88. The minimum atomic E-state index is -3.54. The van der Waals surface area contributed by atoms with Crippen LogP contribution < -0.4 is 10.5 Å². The molecule has 1 aromatic rings. The van der Waals surface area contributed by atoms with Crippen molar-refractivity contribution in [2.24, 2.45) is 0 Å². The van der Waals surface area contributed by atoms with E-state index in [-0.39, 0.29) is 14.9 Å². The normalized spacial score (nSPS) is 13.2. The smallest absolute Gasteiger partial charge is 0.252 e. The molecule has 0 amide bonds. The van der Waals surface area contributed by atoms with Gasteiger partial charge >= 0.3 is 0 Å². The lowest BCUT2D eigenvalue weighted by atomic mass is 10.1. The molecule has 0 fully saturated rings. The molecule has 8 heteroatoms. The highest BCUT2D eigenvalue weighted by Crippen LogP contribution is 2.24. The van der Waals surface area contributed by atoms with Crippen LogP contribution in [0.15, 0.2) is 4.21 Å². The van der Waals surface area contributed by atoms with Crippen molar-refractivity contribution in [3.63, 3.8) is 0 Å². The van der Waals surface area contributed by atoms with Crippen LogP contribution >= 0.6 is 11.3 Å². The molecule has 1 rings (SSSR count). The Kier molecular flexibility index (Phi) is 4.37. The Morgan fingerprint density at radius 3 is 2.39 bits per heavy atom. The monoisotopic (exact) mass is 292 g/mol. The molecule has 3 N–H and O–H groups in total. The standard InChI is InChI=1S/C10H20N4O2S2/c1-7-8(17-9(11)13-7)18(15,16)12-6-10(2,3)14(4)5/h12H,6H2,1-5H3,(H2,11,13). The molecule has 0 aliphatic carbocycles. The summed E-state index contributed by atoms with van der Waals surface area (Å²) < 4.78 is 27.0. The zero-order valence-corrected chi connectivity index (χ0v) is 12.9. The Morgan fingerprint density at radius 2 is 2.00 bits per heavy atom. The van der Waals surface area contributed by atoms with E-state index in [1.165, 1.54) is 0 Å². The number of thiazole rings is 1. The number of nitrogen functional groups attached to an aromatic ring is 1.